The average molecular weight is 336 g/mol. The van der Waals surface area contributed by atoms with Gasteiger partial charge in [0.05, 0.1) is 12.0 Å². The minimum Gasteiger partial charge on any atom is -0.462 e. The van der Waals surface area contributed by atoms with Crippen LogP contribution >= 0.6 is 34.4 Å². The molecular weight excluding hydrogens is 324 g/mol. The molecule has 4 rings (SSSR count). The maximum Gasteiger partial charge on any atom is 0.206 e. The molecule has 1 saturated carbocycles. The zero-order valence-corrected chi connectivity index (χ0v) is 13.4. The van der Waals surface area contributed by atoms with Gasteiger partial charge in [-0.3, -0.25) is 0 Å². The molecular formula is C13H12N4OS3. The van der Waals surface area contributed by atoms with Crippen molar-refractivity contribution in [1.82, 2.24) is 15.2 Å². The van der Waals surface area contributed by atoms with E-state index in [0.717, 1.165) is 31.7 Å². The molecule has 3 heterocycles. The zero-order chi connectivity index (χ0) is 14.1. The molecule has 0 bridgehead atoms. The van der Waals surface area contributed by atoms with Crippen molar-refractivity contribution < 1.29 is 4.42 Å². The van der Waals surface area contributed by atoms with Gasteiger partial charge in [-0.05, 0) is 25.0 Å². The predicted octanol–water partition coefficient (Wildman–Crippen LogP) is 4.12. The SMILES string of the molecule is c1coc(-c2nc(CSc3nnc(NC4CC4)s3)cs2)c1. The van der Waals surface area contributed by atoms with E-state index in [0.29, 0.717) is 6.04 Å². The first-order valence-corrected chi connectivity index (χ1v) is 9.26. The molecule has 1 aliphatic carbocycles. The number of thiazole rings is 1. The van der Waals surface area contributed by atoms with Crippen LogP contribution in [0.1, 0.15) is 18.5 Å². The molecule has 108 valence electrons. The fraction of sp³-hybridized carbons (Fsp3) is 0.308. The lowest BCUT2D eigenvalue weighted by Crippen LogP contribution is -1.99. The van der Waals surface area contributed by atoms with Crippen molar-refractivity contribution in [2.75, 3.05) is 5.32 Å². The summed E-state index contributed by atoms with van der Waals surface area (Å²) < 4.78 is 6.33. The van der Waals surface area contributed by atoms with E-state index < -0.39 is 0 Å². The highest BCUT2D eigenvalue weighted by Gasteiger charge is 2.22. The Morgan fingerprint density at radius 3 is 3.14 bits per heavy atom. The van der Waals surface area contributed by atoms with Crippen molar-refractivity contribution in [2.45, 2.75) is 29.0 Å². The smallest absolute Gasteiger partial charge is 0.206 e. The molecule has 3 aromatic rings. The Morgan fingerprint density at radius 1 is 1.38 bits per heavy atom. The highest BCUT2D eigenvalue weighted by molar-refractivity contribution is 8.00. The van der Waals surface area contributed by atoms with E-state index in [9.17, 15) is 0 Å². The number of rotatable bonds is 6. The molecule has 21 heavy (non-hydrogen) atoms. The van der Waals surface area contributed by atoms with Crippen LogP contribution in [0.2, 0.25) is 0 Å². The summed E-state index contributed by atoms with van der Waals surface area (Å²) in [5.74, 6) is 1.62. The first-order chi connectivity index (χ1) is 10.4. The molecule has 0 radical (unpaired) electrons. The minimum absolute atomic E-state index is 0.616. The van der Waals surface area contributed by atoms with Crippen molar-refractivity contribution in [3.63, 3.8) is 0 Å². The third-order valence-corrected chi connectivity index (χ3v) is 5.87. The summed E-state index contributed by atoms with van der Waals surface area (Å²) in [5.41, 5.74) is 1.04. The van der Waals surface area contributed by atoms with Crippen LogP contribution in [-0.2, 0) is 5.75 Å². The fourth-order valence-corrected chi connectivity index (χ4v) is 4.36. The molecule has 5 nitrogen and oxygen atoms in total. The highest BCUT2D eigenvalue weighted by Crippen LogP contribution is 2.32. The summed E-state index contributed by atoms with van der Waals surface area (Å²) in [5, 5.41) is 15.6. The summed E-state index contributed by atoms with van der Waals surface area (Å²) in [6.07, 6.45) is 4.16. The monoisotopic (exact) mass is 336 g/mol. The molecule has 8 heteroatoms. The van der Waals surface area contributed by atoms with E-state index in [-0.39, 0.29) is 0 Å². The Balaban J connectivity index is 1.36. The van der Waals surface area contributed by atoms with Gasteiger partial charge < -0.3 is 9.73 Å². The average Bonchev–Trinajstić information content (AvgIpc) is 2.94. The normalized spacial score (nSPS) is 14.5. The van der Waals surface area contributed by atoms with Gasteiger partial charge >= 0.3 is 0 Å². The molecule has 1 N–H and O–H groups in total. The van der Waals surface area contributed by atoms with E-state index in [1.165, 1.54) is 12.8 Å². The number of nitrogens with zero attached hydrogens (tertiary/aromatic N) is 3. The second-order valence-electron chi connectivity index (χ2n) is 4.70. The molecule has 0 aromatic carbocycles. The third kappa shape index (κ3) is 3.28. The van der Waals surface area contributed by atoms with E-state index in [4.69, 9.17) is 4.42 Å². The molecule has 0 atom stereocenters. The molecule has 0 saturated heterocycles. The molecule has 1 fully saturated rings. The Labute approximate surface area is 133 Å². The predicted molar refractivity (Wildman–Crippen MR) is 85.9 cm³/mol. The Morgan fingerprint density at radius 2 is 2.33 bits per heavy atom. The van der Waals surface area contributed by atoms with E-state index >= 15 is 0 Å². The lowest BCUT2D eigenvalue weighted by atomic mass is 10.5. The number of thioether (sulfide) groups is 1. The summed E-state index contributed by atoms with van der Waals surface area (Å²) in [6.45, 7) is 0. The molecule has 3 aromatic heterocycles. The minimum atomic E-state index is 0.616. The van der Waals surface area contributed by atoms with Gasteiger partial charge in [0.1, 0.15) is 0 Å². The first-order valence-electron chi connectivity index (χ1n) is 6.58. The highest BCUT2D eigenvalue weighted by atomic mass is 32.2. The zero-order valence-electron chi connectivity index (χ0n) is 11.0. The lowest BCUT2D eigenvalue weighted by molar-refractivity contribution is 0.581. The molecule has 0 aliphatic heterocycles. The first kappa shape index (κ1) is 13.3. The number of furan rings is 1. The van der Waals surface area contributed by atoms with Crippen molar-refractivity contribution >= 4 is 39.6 Å². The van der Waals surface area contributed by atoms with Gasteiger partial charge in [-0.2, -0.15) is 0 Å². The van der Waals surface area contributed by atoms with Crippen molar-refractivity contribution in [3.8, 4) is 10.8 Å². The van der Waals surface area contributed by atoms with Crippen molar-refractivity contribution in [1.29, 1.82) is 0 Å². The molecule has 0 spiro atoms. The summed E-state index contributed by atoms with van der Waals surface area (Å²) >= 11 is 4.88. The number of hydrogen-bond acceptors (Lipinski definition) is 8. The largest absolute Gasteiger partial charge is 0.462 e. The maximum atomic E-state index is 5.35. The number of hydrogen-bond donors (Lipinski definition) is 1. The van der Waals surface area contributed by atoms with Crippen LogP contribution in [0.25, 0.3) is 10.8 Å². The topological polar surface area (TPSA) is 63.8 Å². The standard InChI is InChI=1S/C13H12N4OS3/c1-2-10(18-5-1)11-14-9(6-19-11)7-20-13-17-16-12(21-13)15-8-3-4-8/h1-2,5-6,8H,3-4,7H2,(H,15,16). The van der Waals surface area contributed by atoms with Gasteiger partial charge in [-0.15, -0.1) is 21.5 Å². The van der Waals surface area contributed by atoms with E-state index in [1.54, 1.807) is 40.7 Å². The van der Waals surface area contributed by atoms with E-state index in [2.05, 4.69) is 25.9 Å². The number of nitrogens with one attached hydrogen (secondary N) is 1. The second-order valence-corrected chi connectivity index (χ2v) is 7.76. The number of aromatic nitrogens is 3. The second kappa shape index (κ2) is 5.78. The lowest BCUT2D eigenvalue weighted by Gasteiger charge is -1.94. The Kier molecular flexibility index (Phi) is 3.66. The van der Waals surface area contributed by atoms with Crippen LogP contribution in [0, 0.1) is 0 Å². The summed E-state index contributed by atoms with van der Waals surface area (Å²) in [6, 6.07) is 4.42. The van der Waals surface area contributed by atoms with Crippen molar-refractivity contribution in [2.24, 2.45) is 0 Å². The quantitative estimate of drug-likeness (QED) is 0.683. The van der Waals surface area contributed by atoms with Crippen LogP contribution < -0.4 is 5.32 Å². The van der Waals surface area contributed by atoms with Crippen LogP contribution in [0.4, 0.5) is 5.13 Å². The summed E-state index contributed by atoms with van der Waals surface area (Å²) in [4.78, 5) is 4.58. The third-order valence-electron chi connectivity index (χ3n) is 2.94. The van der Waals surface area contributed by atoms with Gasteiger partial charge in [0.15, 0.2) is 15.1 Å². The molecule has 0 unspecified atom stereocenters. The summed E-state index contributed by atoms with van der Waals surface area (Å²) in [7, 11) is 0. The van der Waals surface area contributed by atoms with Crippen LogP contribution in [0.15, 0.2) is 32.5 Å². The van der Waals surface area contributed by atoms with Gasteiger partial charge in [-0.25, -0.2) is 4.98 Å². The number of anilines is 1. The fourth-order valence-electron chi connectivity index (χ4n) is 1.75. The molecule has 1 aliphatic rings. The van der Waals surface area contributed by atoms with E-state index in [1.807, 2.05) is 12.1 Å². The Bertz CT molecular complexity index is 717. The maximum absolute atomic E-state index is 5.35. The van der Waals surface area contributed by atoms with Gasteiger partial charge in [0.25, 0.3) is 0 Å². The van der Waals surface area contributed by atoms with Crippen molar-refractivity contribution in [3.05, 3.63) is 29.5 Å². The molecule has 0 amide bonds. The van der Waals surface area contributed by atoms with Crippen LogP contribution in [-0.4, -0.2) is 21.2 Å². The van der Waals surface area contributed by atoms with Gasteiger partial charge in [0.2, 0.25) is 5.13 Å². The van der Waals surface area contributed by atoms with Crippen LogP contribution in [0.5, 0.6) is 0 Å². The Hall–Kier alpha value is -1.38. The van der Waals surface area contributed by atoms with Crippen LogP contribution in [0.3, 0.4) is 0 Å². The van der Waals surface area contributed by atoms with Gasteiger partial charge in [0, 0.05) is 17.2 Å². The van der Waals surface area contributed by atoms with Gasteiger partial charge in [-0.1, -0.05) is 23.1 Å².